The van der Waals surface area contributed by atoms with Crippen molar-refractivity contribution in [3.05, 3.63) is 11.3 Å². The Kier molecular flexibility index (Phi) is 8.35. The summed E-state index contributed by atoms with van der Waals surface area (Å²) in [5, 5.41) is 3.59. The summed E-state index contributed by atoms with van der Waals surface area (Å²) in [6.07, 6.45) is 14.6. The Bertz CT molecular complexity index is 660. The van der Waals surface area contributed by atoms with Crippen molar-refractivity contribution in [2.45, 2.75) is 115 Å². The second-order valence-electron chi connectivity index (χ2n) is 9.23. The number of allylic oxidation sites excluding steroid dienone is 1. The third-order valence-electron chi connectivity index (χ3n) is 7.20. The molecule has 0 spiro atoms. The third kappa shape index (κ3) is 4.91. The number of aliphatic imine (C=N–C) groups is 1. The molecule has 3 aliphatic heterocycles. The quantitative estimate of drug-likeness (QED) is 0.375. The van der Waals surface area contributed by atoms with E-state index < -0.39 is 5.72 Å². The lowest BCUT2D eigenvalue weighted by molar-refractivity contribution is -0.848. The van der Waals surface area contributed by atoms with E-state index in [1.165, 1.54) is 37.7 Å². The number of nitrogens with one attached hydrogen (secondary N) is 2. The number of hydrogen-bond donors (Lipinski definition) is 2. The molecule has 4 atom stereocenters. The zero-order chi connectivity index (χ0) is 21.6. The molecule has 0 aromatic carbocycles. The van der Waals surface area contributed by atoms with Crippen LogP contribution in [0.15, 0.2) is 16.3 Å². The van der Waals surface area contributed by atoms with Crippen LogP contribution in [0.5, 0.6) is 0 Å². The Morgan fingerprint density at radius 1 is 1.10 bits per heavy atom. The normalized spacial score (nSPS) is 30.0. The molecule has 0 aromatic heterocycles. The first kappa shape index (κ1) is 23.3. The highest BCUT2D eigenvalue weighted by Crippen LogP contribution is 2.34. The average Bonchev–Trinajstić information content (AvgIpc) is 3.17. The highest BCUT2D eigenvalue weighted by atomic mass is 16.5. The number of ether oxygens (including phenoxy) is 2. The molecule has 6 heteroatoms. The van der Waals surface area contributed by atoms with Gasteiger partial charge in [-0.05, 0) is 25.7 Å². The molecule has 0 aromatic rings. The van der Waals surface area contributed by atoms with Gasteiger partial charge in [-0.15, -0.1) is 0 Å². The molecular weight excluding hydrogens is 378 g/mol. The van der Waals surface area contributed by atoms with Crippen molar-refractivity contribution in [1.82, 2.24) is 5.32 Å². The van der Waals surface area contributed by atoms with E-state index in [1.807, 2.05) is 7.11 Å². The van der Waals surface area contributed by atoms with E-state index in [0.717, 1.165) is 75.0 Å². The lowest BCUT2D eigenvalue weighted by Gasteiger charge is -2.42. The van der Waals surface area contributed by atoms with Gasteiger partial charge in [0.2, 0.25) is 0 Å². The first-order valence-corrected chi connectivity index (χ1v) is 12.2. The van der Waals surface area contributed by atoms with E-state index in [4.69, 9.17) is 14.5 Å². The first-order chi connectivity index (χ1) is 14.6. The second-order valence-corrected chi connectivity index (χ2v) is 9.23. The van der Waals surface area contributed by atoms with Gasteiger partial charge in [0.05, 0.1) is 19.6 Å². The van der Waals surface area contributed by atoms with Crippen LogP contribution in [0.1, 0.15) is 97.3 Å². The van der Waals surface area contributed by atoms with Crippen molar-refractivity contribution in [2.24, 2.45) is 4.99 Å². The summed E-state index contributed by atoms with van der Waals surface area (Å²) < 4.78 is 11.3. The van der Waals surface area contributed by atoms with E-state index >= 15 is 0 Å². The van der Waals surface area contributed by atoms with Crippen LogP contribution >= 0.6 is 0 Å². The van der Waals surface area contributed by atoms with Crippen LogP contribution in [0.3, 0.4) is 0 Å². The predicted molar refractivity (Wildman–Crippen MR) is 119 cm³/mol. The van der Waals surface area contributed by atoms with Gasteiger partial charge in [-0.3, -0.25) is 10.2 Å². The maximum absolute atomic E-state index is 12.7. The molecule has 1 unspecified atom stereocenters. The Balaban J connectivity index is 1.83. The van der Waals surface area contributed by atoms with Gasteiger partial charge in [0.15, 0.2) is 5.72 Å². The van der Waals surface area contributed by atoms with Gasteiger partial charge in [-0.2, -0.15) is 4.99 Å². The van der Waals surface area contributed by atoms with Crippen LogP contribution in [-0.2, 0) is 14.3 Å². The van der Waals surface area contributed by atoms with Crippen molar-refractivity contribution >= 4 is 11.9 Å². The number of esters is 1. The van der Waals surface area contributed by atoms with Crippen molar-refractivity contribution in [3.63, 3.8) is 0 Å². The minimum atomic E-state index is -0.422. The average molecular weight is 421 g/mol. The molecule has 2 N–H and O–H groups in total. The molecule has 30 heavy (non-hydrogen) atoms. The van der Waals surface area contributed by atoms with Gasteiger partial charge in [-0.25, -0.2) is 4.79 Å². The standard InChI is InChI=1S/C24H41N3O3/c1-5-7-9-10-12-16-24(30-4)17-18-14-15-20-21(22(28)29-3)19(13-11-8-6-2)25-23(26-24)27(18)20/h18,20H,5-17H2,1-4H3,(H,25,26)/p+1/t18-,20+,24-/m1/s1. The van der Waals surface area contributed by atoms with E-state index in [9.17, 15) is 4.79 Å². The summed E-state index contributed by atoms with van der Waals surface area (Å²) in [7, 11) is 3.31. The molecular formula is C24H42N3O3+. The Labute approximate surface area is 182 Å². The fourth-order valence-corrected chi connectivity index (χ4v) is 5.57. The number of methoxy groups -OCH3 is 2. The zero-order valence-corrected chi connectivity index (χ0v) is 19.5. The minimum Gasteiger partial charge on any atom is -0.465 e. The fourth-order valence-electron chi connectivity index (χ4n) is 5.57. The SMILES string of the molecule is CCCCCCC[C@@]1(OC)C[C@H]2CC[C@H]3C(C(=O)OC)=C(CCCCC)NC(=N1)[NH+]23. The Morgan fingerprint density at radius 3 is 2.53 bits per heavy atom. The van der Waals surface area contributed by atoms with Crippen LogP contribution < -0.4 is 10.2 Å². The number of rotatable bonds is 12. The molecule has 0 bridgehead atoms. The molecule has 3 heterocycles. The molecule has 0 amide bonds. The van der Waals surface area contributed by atoms with Gasteiger partial charge in [0.1, 0.15) is 11.6 Å². The largest absolute Gasteiger partial charge is 0.465 e. The third-order valence-corrected chi connectivity index (χ3v) is 7.20. The lowest BCUT2D eigenvalue weighted by Crippen LogP contribution is -3.23. The topological polar surface area (TPSA) is 64.4 Å². The maximum atomic E-state index is 12.7. The van der Waals surface area contributed by atoms with Gasteiger partial charge in [0.25, 0.3) is 0 Å². The van der Waals surface area contributed by atoms with Crippen molar-refractivity contribution < 1.29 is 19.2 Å². The summed E-state index contributed by atoms with van der Waals surface area (Å²) >= 11 is 0. The number of carbonyl (C=O) groups excluding carboxylic acids is 1. The predicted octanol–water partition coefficient (Wildman–Crippen LogP) is 3.48. The molecule has 0 radical (unpaired) electrons. The van der Waals surface area contributed by atoms with Crippen LogP contribution in [0.2, 0.25) is 0 Å². The number of carbonyl (C=O) groups is 1. The van der Waals surface area contributed by atoms with Gasteiger partial charge >= 0.3 is 11.9 Å². The molecule has 0 saturated carbocycles. The van der Waals surface area contributed by atoms with E-state index in [0.29, 0.717) is 6.04 Å². The minimum absolute atomic E-state index is 0.165. The van der Waals surface area contributed by atoms with Crippen LogP contribution in [0, 0.1) is 0 Å². The fraction of sp³-hybridized carbons (Fsp3) is 0.833. The molecule has 6 nitrogen and oxygen atoms in total. The highest BCUT2D eigenvalue weighted by Gasteiger charge is 2.55. The molecule has 1 saturated heterocycles. The number of unbranched alkanes of at least 4 members (excludes halogenated alkanes) is 6. The monoisotopic (exact) mass is 420 g/mol. The molecule has 1 fully saturated rings. The summed E-state index contributed by atoms with van der Waals surface area (Å²) in [4.78, 5) is 19.2. The number of guanidine groups is 1. The van der Waals surface area contributed by atoms with Crippen molar-refractivity contribution in [2.75, 3.05) is 14.2 Å². The molecule has 3 rings (SSSR count). The Hall–Kier alpha value is -1.40. The van der Waals surface area contributed by atoms with Gasteiger partial charge in [-0.1, -0.05) is 52.4 Å². The first-order valence-electron chi connectivity index (χ1n) is 12.2. The molecule has 170 valence electrons. The van der Waals surface area contributed by atoms with Crippen molar-refractivity contribution in [1.29, 1.82) is 0 Å². The summed E-state index contributed by atoms with van der Waals surface area (Å²) in [5.74, 6) is 0.814. The van der Waals surface area contributed by atoms with Crippen LogP contribution in [-0.4, -0.2) is 44.0 Å². The maximum Gasteiger partial charge on any atom is 0.341 e. The second kappa shape index (κ2) is 10.8. The summed E-state index contributed by atoms with van der Waals surface area (Å²) in [5.41, 5.74) is 1.46. The van der Waals surface area contributed by atoms with E-state index in [1.54, 1.807) is 0 Å². The Morgan fingerprint density at radius 2 is 1.83 bits per heavy atom. The molecule has 3 aliphatic rings. The smallest absolute Gasteiger partial charge is 0.341 e. The van der Waals surface area contributed by atoms with Gasteiger partial charge in [0, 0.05) is 25.6 Å². The molecule has 0 aliphatic carbocycles. The van der Waals surface area contributed by atoms with Crippen LogP contribution in [0.4, 0.5) is 0 Å². The zero-order valence-electron chi connectivity index (χ0n) is 19.5. The number of quaternary nitrogens is 1. The lowest BCUT2D eigenvalue weighted by atomic mass is 9.93. The highest BCUT2D eigenvalue weighted by molar-refractivity contribution is 5.93. The number of hydrogen-bond acceptors (Lipinski definition) is 5. The van der Waals surface area contributed by atoms with E-state index in [-0.39, 0.29) is 12.0 Å². The summed E-state index contributed by atoms with van der Waals surface area (Å²) in [6.45, 7) is 4.45. The summed E-state index contributed by atoms with van der Waals surface area (Å²) in [6, 6.07) is 0.612. The van der Waals surface area contributed by atoms with Crippen LogP contribution in [0.25, 0.3) is 0 Å². The van der Waals surface area contributed by atoms with Gasteiger partial charge < -0.3 is 9.47 Å². The van der Waals surface area contributed by atoms with Crippen molar-refractivity contribution in [3.8, 4) is 0 Å². The van der Waals surface area contributed by atoms with E-state index in [2.05, 4.69) is 19.2 Å². The number of nitrogens with zero attached hydrogens (tertiary/aromatic N) is 1.